The number of benzene rings is 2. The molecule has 0 unspecified atom stereocenters. The number of hydrogen-bond donors (Lipinski definition) is 1. The maximum Gasteiger partial charge on any atom is 0.350 e. The minimum atomic E-state index is -0.451. The summed E-state index contributed by atoms with van der Waals surface area (Å²) in [5, 5.41) is 3.10. The second-order valence-electron chi connectivity index (χ2n) is 5.24. The molecule has 0 atom stereocenters. The lowest BCUT2D eigenvalue weighted by atomic mass is 10.1. The molecule has 1 heterocycles. The van der Waals surface area contributed by atoms with Crippen LogP contribution < -0.4 is 5.32 Å². The first-order valence-corrected chi connectivity index (χ1v) is 9.49. The Bertz CT molecular complexity index is 924. The third kappa shape index (κ3) is 4.17. The Balaban J connectivity index is 1.91. The summed E-state index contributed by atoms with van der Waals surface area (Å²) in [5.41, 5.74) is 1.79. The number of thiazole rings is 1. The molecule has 7 heteroatoms. The summed E-state index contributed by atoms with van der Waals surface area (Å²) in [6.45, 7) is 2.02. The standard InChI is InChI=1S/C19H15BrN2O3S/c1-2-25-18(24)16-15(12-6-4-3-5-7-12)21-19(26-16)22-17(23)13-8-10-14(20)11-9-13/h3-11H,2H2,1H3,(H,21,22,23). The van der Waals surface area contributed by atoms with E-state index < -0.39 is 5.97 Å². The zero-order valence-corrected chi connectivity index (χ0v) is 16.3. The predicted molar refractivity (Wildman–Crippen MR) is 106 cm³/mol. The molecule has 0 bridgehead atoms. The molecule has 3 rings (SSSR count). The van der Waals surface area contributed by atoms with E-state index >= 15 is 0 Å². The zero-order valence-electron chi connectivity index (χ0n) is 13.9. The lowest BCUT2D eigenvalue weighted by Gasteiger charge is -2.01. The Hall–Kier alpha value is -2.51. The van der Waals surface area contributed by atoms with Gasteiger partial charge in [-0.3, -0.25) is 10.1 Å². The molecule has 0 radical (unpaired) electrons. The summed E-state index contributed by atoms with van der Waals surface area (Å²) in [4.78, 5) is 29.5. The van der Waals surface area contributed by atoms with E-state index in [2.05, 4.69) is 26.2 Å². The van der Waals surface area contributed by atoms with E-state index in [4.69, 9.17) is 4.74 Å². The van der Waals surface area contributed by atoms with Gasteiger partial charge in [-0.25, -0.2) is 9.78 Å². The third-order valence-corrected chi connectivity index (χ3v) is 4.94. The SMILES string of the molecule is CCOC(=O)c1sc(NC(=O)c2ccc(Br)cc2)nc1-c1ccccc1. The average Bonchev–Trinajstić information content (AvgIpc) is 3.07. The highest BCUT2D eigenvalue weighted by Crippen LogP contribution is 2.32. The van der Waals surface area contributed by atoms with E-state index in [0.717, 1.165) is 21.4 Å². The number of halogens is 1. The molecule has 0 fully saturated rings. The van der Waals surface area contributed by atoms with E-state index in [0.29, 0.717) is 21.3 Å². The largest absolute Gasteiger partial charge is 0.462 e. The van der Waals surface area contributed by atoms with Crippen molar-refractivity contribution in [2.24, 2.45) is 0 Å². The van der Waals surface area contributed by atoms with Crippen LogP contribution in [0, 0.1) is 0 Å². The number of nitrogens with one attached hydrogen (secondary N) is 1. The molecule has 0 saturated heterocycles. The lowest BCUT2D eigenvalue weighted by Crippen LogP contribution is -2.11. The molecule has 0 spiro atoms. The molecule has 5 nitrogen and oxygen atoms in total. The molecule has 132 valence electrons. The first-order valence-electron chi connectivity index (χ1n) is 7.88. The second-order valence-corrected chi connectivity index (χ2v) is 7.16. The van der Waals surface area contributed by atoms with Crippen LogP contribution in [0.5, 0.6) is 0 Å². The van der Waals surface area contributed by atoms with Crippen LogP contribution in [0.2, 0.25) is 0 Å². The number of hydrogen-bond acceptors (Lipinski definition) is 5. The van der Waals surface area contributed by atoms with E-state index in [1.807, 2.05) is 30.3 Å². The fraction of sp³-hybridized carbons (Fsp3) is 0.105. The molecule has 0 aliphatic rings. The molecule has 1 aromatic heterocycles. The molecular formula is C19H15BrN2O3S. The minimum Gasteiger partial charge on any atom is -0.462 e. The summed E-state index contributed by atoms with van der Waals surface area (Å²) >= 11 is 4.44. The Labute approximate surface area is 163 Å². The molecule has 2 aromatic carbocycles. The van der Waals surface area contributed by atoms with E-state index in [1.165, 1.54) is 0 Å². The molecule has 0 aliphatic heterocycles. The van der Waals surface area contributed by atoms with Gasteiger partial charge < -0.3 is 4.74 Å². The van der Waals surface area contributed by atoms with E-state index in [1.54, 1.807) is 31.2 Å². The van der Waals surface area contributed by atoms with Gasteiger partial charge in [0, 0.05) is 15.6 Å². The van der Waals surface area contributed by atoms with Crippen LogP contribution in [0.4, 0.5) is 5.13 Å². The quantitative estimate of drug-likeness (QED) is 0.578. The number of ether oxygens (including phenoxy) is 1. The highest BCUT2D eigenvalue weighted by molar-refractivity contribution is 9.10. The van der Waals surface area contributed by atoms with Crippen LogP contribution in [0.25, 0.3) is 11.3 Å². The molecule has 26 heavy (non-hydrogen) atoms. The normalized spacial score (nSPS) is 10.4. The number of esters is 1. The first kappa shape index (κ1) is 18.3. The second kappa shape index (κ2) is 8.25. The topological polar surface area (TPSA) is 68.3 Å². The molecule has 1 N–H and O–H groups in total. The van der Waals surface area contributed by atoms with Gasteiger partial charge in [0.15, 0.2) is 5.13 Å². The highest BCUT2D eigenvalue weighted by atomic mass is 79.9. The van der Waals surface area contributed by atoms with Crippen LogP contribution >= 0.6 is 27.3 Å². The maximum absolute atomic E-state index is 12.4. The van der Waals surface area contributed by atoms with Crippen LogP contribution in [0.3, 0.4) is 0 Å². The Kier molecular flexibility index (Phi) is 5.80. The van der Waals surface area contributed by atoms with Crippen molar-refractivity contribution >= 4 is 44.3 Å². The number of rotatable bonds is 5. The lowest BCUT2D eigenvalue weighted by molar-refractivity contribution is 0.0532. The number of carbonyl (C=O) groups is 2. The van der Waals surface area contributed by atoms with Crippen LogP contribution in [0.15, 0.2) is 59.1 Å². The maximum atomic E-state index is 12.4. The Morgan fingerprint density at radius 2 is 1.81 bits per heavy atom. The molecular weight excluding hydrogens is 416 g/mol. The fourth-order valence-electron chi connectivity index (χ4n) is 2.27. The van der Waals surface area contributed by atoms with Crippen LogP contribution in [0.1, 0.15) is 27.0 Å². The summed E-state index contributed by atoms with van der Waals surface area (Å²) in [7, 11) is 0. The fourth-order valence-corrected chi connectivity index (χ4v) is 3.41. The minimum absolute atomic E-state index is 0.269. The molecule has 1 amide bonds. The van der Waals surface area contributed by atoms with E-state index in [-0.39, 0.29) is 12.5 Å². The van der Waals surface area contributed by atoms with Gasteiger partial charge in [0.25, 0.3) is 5.91 Å². The van der Waals surface area contributed by atoms with E-state index in [9.17, 15) is 9.59 Å². The zero-order chi connectivity index (χ0) is 18.5. The third-order valence-electron chi connectivity index (χ3n) is 3.46. The van der Waals surface area contributed by atoms with Gasteiger partial charge in [0.1, 0.15) is 4.88 Å². The van der Waals surface area contributed by atoms with Gasteiger partial charge in [-0.05, 0) is 31.2 Å². The Morgan fingerprint density at radius 1 is 1.12 bits per heavy atom. The number of carbonyl (C=O) groups excluding carboxylic acids is 2. The molecule has 0 aliphatic carbocycles. The average molecular weight is 431 g/mol. The van der Waals surface area contributed by atoms with Crippen molar-refractivity contribution in [1.82, 2.24) is 4.98 Å². The number of anilines is 1. The highest BCUT2D eigenvalue weighted by Gasteiger charge is 2.21. The number of amides is 1. The van der Waals surface area contributed by atoms with Crippen molar-refractivity contribution in [3.63, 3.8) is 0 Å². The van der Waals surface area contributed by atoms with Gasteiger partial charge in [-0.2, -0.15) is 0 Å². The van der Waals surface area contributed by atoms with Crippen molar-refractivity contribution in [3.05, 3.63) is 69.5 Å². The predicted octanol–water partition coefficient (Wildman–Crippen LogP) is 5.00. The molecule has 3 aromatic rings. The van der Waals surface area contributed by atoms with Gasteiger partial charge >= 0.3 is 5.97 Å². The Morgan fingerprint density at radius 3 is 2.46 bits per heavy atom. The van der Waals surface area contributed by atoms with Crippen LogP contribution in [-0.2, 0) is 4.74 Å². The van der Waals surface area contributed by atoms with Crippen molar-refractivity contribution in [3.8, 4) is 11.3 Å². The summed E-state index contributed by atoms with van der Waals surface area (Å²) < 4.78 is 6.01. The monoisotopic (exact) mass is 430 g/mol. The van der Waals surface area contributed by atoms with Crippen molar-refractivity contribution in [2.75, 3.05) is 11.9 Å². The van der Waals surface area contributed by atoms with Crippen molar-refractivity contribution < 1.29 is 14.3 Å². The van der Waals surface area contributed by atoms with Gasteiger partial charge in [-0.15, -0.1) is 0 Å². The number of nitrogens with zero attached hydrogens (tertiary/aromatic N) is 1. The van der Waals surface area contributed by atoms with Gasteiger partial charge in [-0.1, -0.05) is 57.6 Å². The summed E-state index contributed by atoms with van der Waals surface area (Å²) in [6.07, 6.45) is 0. The van der Waals surface area contributed by atoms with Gasteiger partial charge in [0.05, 0.1) is 12.3 Å². The summed E-state index contributed by atoms with van der Waals surface area (Å²) in [5.74, 6) is -0.741. The van der Waals surface area contributed by atoms with Crippen molar-refractivity contribution in [1.29, 1.82) is 0 Å². The first-order chi connectivity index (χ1) is 12.6. The van der Waals surface area contributed by atoms with Crippen molar-refractivity contribution in [2.45, 2.75) is 6.92 Å². The smallest absolute Gasteiger partial charge is 0.350 e. The molecule has 0 saturated carbocycles. The number of aromatic nitrogens is 1. The van der Waals surface area contributed by atoms with Gasteiger partial charge in [0.2, 0.25) is 0 Å². The van der Waals surface area contributed by atoms with Crippen LogP contribution in [-0.4, -0.2) is 23.5 Å². The summed E-state index contributed by atoms with van der Waals surface area (Å²) in [6, 6.07) is 16.3.